The van der Waals surface area contributed by atoms with E-state index in [-0.39, 0.29) is 12.5 Å². The summed E-state index contributed by atoms with van der Waals surface area (Å²) < 4.78 is 0. The van der Waals surface area contributed by atoms with Gasteiger partial charge in [-0.25, -0.2) is 4.98 Å². The fraction of sp³-hybridized carbons (Fsp3) is 0.429. The molecule has 4 nitrogen and oxygen atoms in total. The maximum atomic E-state index is 10.3. The summed E-state index contributed by atoms with van der Waals surface area (Å²) in [5.74, 6) is -0.344. The molecule has 0 bridgehead atoms. The number of aromatic nitrogens is 1. The lowest BCUT2D eigenvalue weighted by Crippen LogP contribution is -2.27. The van der Waals surface area contributed by atoms with Crippen LogP contribution in [0.5, 0.6) is 0 Å². The summed E-state index contributed by atoms with van der Waals surface area (Å²) in [5, 5.41) is 5.84. The molecule has 1 aromatic rings. The van der Waals surface area contributed by atoms with E-state index in [9.17, 15) is 4.79 Å². The third-order valence-corrected chi connectivity index (χ3v) is 2.21. The van der Waals surface area contributed by atoms with Crippen LogP contribution < -0.4 is 11.1 Å². The summed E-state index contributed by atoms with van der Waals surface area (Å²) in [4.78, 5) is 14.5. The van der Waals surface area contributed by atoms with Gasteiger partial charge in [0.1, 0.15) is 5.01 Å². The first-order valence-corrected chi connectivity index (χ1v) is 4.46. The average Bonchev–Trinajstić information content (AvgIpc) is 2.35. The number of carbonyl (C=O) groups is 1. The van der Waals surface area contributed by atoms with E-state index in [1.165, 1.54) is 0 Å². The number of hydrogen-bond acceptors (Lipinski definition) is 4. The lowest BCUT2D eigenvalue weighted by atomic mass is 10.5. The first kappa shape index (κ1) is 9.15. The fourth-order valence-corrected chi connectivity index (χ4v) is 1.52. The van der Waals surface area contributed by atoms with Gasteiger partial charge in [0.25, 0.3) is 0 Å². The molecule has 0 aliphatic rings. The SMILES string of the molecule is Cc1csc(CNCC(N)=O)n1. The van der Waals surface area contributed by atoms with Gasteiger partial charge in [-0.05, 0) is 6.92 Å². The molecule has 5 heteroatoms. The monoisotopic (exact) mass is 185 g/mol. The Morgan fingerprint density at radius 2 is 2.58 bits per heavy atom. The summed E-state index contributed by atoms with van der Waals surface area (Å²) in [6, 6.07) is 0. The molecule has 12 heavy (non-hydrogen) atoms. The summed E-state index contributed by atoms with van der Waals surface area (Å²) >= 11 is 1.58. The third kappa shape index (κ3) is 2.98. The summed E-state index contributed by atoms with van der Waals surface area (Å²) in [6.07, 6.45) is 0. The lowest BCUT2D eigenvalue weighted by molar-refractivity contribution is -0.117. The zero-order chi connectivity index (χ0) is 8.97. The van der Waals surface area contributed by atoms with E-state index in [1.54, 1.807) is 11.3 Å². The number of nitrogens with one attached hydrogen (secondary N) is 1. The van der Waals surface area contributed by atoms with Crippen LogP contribution in [-0.2, 0) is 11.3 Å². The largest absolute Gasteiger partial charge is 0.369 e. The number of aryl methyl sites for hydroxylation is 1. The van der Waals surface area contributed by atoms with E-state index in [2.05, 4.69) is 10.3 Å². The third-order valence-electron chi connectivity index (χ3n) is 1.24. The highest BCUT2D eigenvalue weighted by Crippen LogP contribution is 2.07. The molecule has 1 rings (SSSR count). The van der Waals surface area contributed by atoms with Gasteiger partial charge in [-0.15, -0.1) is 11.3 Å². The molecule has 0 atom stereocenters. The number of primary amides is 1. The molecule has 0 saturated heterocycles. The van der Waals surface area contributed by atoms with Crippen molar-refractivity contribution in [3.63, 3.8) is 0 Å². The Morgan fingerprint density at radius 3 is 3.08 bits per heavy atom. The van der Waals surface area contributed by atoms with Crippen LogP contribution >= 0.6 is 11.3 Å². The van der Waals surface area contributed by atoms with Crippen molar-refractivity contribution in [2.24, 2.45) is 5.73 Å². The Labute approximate surface area is 74.8 Å². The predicted molar refractivity (Wildman–Crippen MR) is 47.8 cm³/mol. The van der Waals surface area contributed by atoms with Gasteiger partial charge >= 0.3 is 0 Å². The van der Waals surface area contributed by atoms with Crippen molar-refractivity contribution in [2.45, 2.75) is 13.5 Å². The highest BCUT2D eigenvalue weighted by molar-refractivity contribution is 7.09. The minimum Gasteiger partial charge on any atom is -0.369 e. The van der Waals surface area contributed by atoms with Gasteiger partial charge in [-0.2, -0.15) is 0 Å². The van der Waals surface area contributed by atoms with Crippen LogP contribution in [0.2, 0.25) is 0 Å². The molecule has 0 radical (unpaired) electrons. The molecule has 66 valence electrons. The normalized spacial score (nSPS) is 10.1. The Balaban J connectivity index is 2.29. The van der Waals surface area contributed by atoms with Crippen LogP contribution in [0.15, 0.2) is 5.38 Å². The second-order valence-corrected chi connectivity index (χ2v) is 3.40. The Bertz CT molecular complexity index is 271. The summed E-state index contributed by atoms with van der Waals surface area (Å²) in [7, 11) is 0. The quantitative estimate of drug-likeness (QED) is 0.695. The first-order chi connectivity index (χ1) is 5.68. The van der Waals surface area contributed by atoms with Crippen LogP contribution in [0.3, 0.4) is 0 Å². The van der Waals surface area contributed by atoms with Crippen molar-refractivity contribution in [2.75, 3.05) is 6.54 Å². The molecule has 1 heterocycles. The van der Waals surface area contributed by atoms with Crippen LogP contribution in [0.1, 0.15) is 10.7 Å². The average molecular weight is 185 g/mol. The van der Waals surface area contributed by atoms with Crippen molar-refractivity contribution in [3.05, 3.63) is 16.1 Å². The predicted octanol–water partition coefficient (Wildman–Crippen LogP) is 0.0264. The molecule has 0 aliphatic heterocycles. The molecule has 0 aromatic carbocycles. The van der Waals surface area contributed by atoms with Gasteiger partial charge < -0.3 is 11.1 Å². The maximum Gasteiger partial charge on any atom is 0.231 e. The number of nitrogens with zero attached hydrogens (tertiary/aromatic N) is 1. The van der Waals surface area contributed by atoms with Gasteiger partial charge in [-0.3, -0.25) is 4.79 Å². The molecule has 0 saturated carbocycles. The maximum absolute atomic E-state index is 10.3. The minimum atomic E-state index is -0.344. The number of nitrogens with two attached hydrogens (primary N) is 1. The van der Waals surface area contributed by atoms with Crippen molar-refractivity contribution in [1.29, 1.82) is 0 Å². The van der Waals surface area contributed by atoms with Crippen LogP contribution in [-0.4, -0.2) is 17.4 Å². The van der Waals surface area contributed by atoms with E-state index in [4.69, 9.17) is 5.73 Å². The van der Waals surface area contributed by atoms with E-state index in [0.29, 0.717) is 6.54 Å². The van der Waals surface area contributed by atoms with Gasteiger partial charge in [0.05, 0.1) is 6.54 Å². The lowest BCUT2D eigenvalue weighted by Gasteiger charge is -1.96. The van der Waals surface area contributed by atoms with Crippen molar-refractivity contribution >= 4 is 17.2 Å². The number of rotatable bonds is 4. The van der Waals surface area contributed by atoms with E-state index in [1.807, 2.05) is 12.3 Å². The van der Waals surface area contributed by atoms with Gasteiger partial charge in [0.15, 0.2) is 0 Å². The zero-order valence-corrected chi connectivity index (χ0v) is 7.65. The number of thiazole rings is 1. The Morgan fingerprint density at radius 1 is 1.83 bits per heavy atom. The Hall–Kier alpha value is -0.940. The second kappa shape index (κ2) is 4.18. The number of carbonyl (C=O) groups excluding carboxylic acids is 1. The molecule has 0 spiro atoms. The summed E-state index contributed by atoms with van der Waals surface area (Å²) in [6.45, 7) is 2.76. The minimum absolute atomic E-state index is 0.207. The van der Waals surface area contributed by atoms with Crippen molar-refractivity contribution < 1.29 is 4.79 Å². The van der Waals surface area contributed by atoms with Crippen LogP contribution in [0, 0.1) is 6.92 Å². The number of amides is 1. The molecule has 0 fully saturated rings. The van der Waals surface area contributed by atoms with E-state index < -0.39 is 0 Å². The Kier molecular flexibility index (Phi) is 3.19. The molecular weight excluding hydrogens is 174 g/mol. The van der Waals surface area contributed by atoms with Gasteiger partial charge in [0.2, 0.25) is 5.91 Å². The van der Waals surface area contributed by atoms with Crippen LogP contribution in [0.4, 0.5) is 0 Å². The van der Waals surface area contributed by atoms with E-state index in [0.717, 1.165) is 10.7 Å². The van der Waals surface area contributed by atoms with Gasteiger partial charge in [-0.1, -0.05) is 0 Å². The van der Waals surface area contributed by atoms with Crippen molar-refractivity contribution in [3.8, 4) is 0 Å². The summed E-state index contributed by atoms with van der Waals surface area (Å²) in [5.41, 5.74) is 5.95. The molecule has 1 aromatic heterocycles. The van der Waals surface area contributed by atoms with Crippen LogP contribution in [0.25, 0.3) is 0 Å². The standard InChI is InChI=1S/C7H11N3OS/c1-5-4-12-7(10-5)3-9-2-6(8)11/h4,9H,2-3H2,1H3,(H2,8,11). The fourth-order valence-electron chi connectivity index (χ4n) is 0.777. The second-order valence-electron chi connectivity index (χ2n) is 2.45. The molecule has 0 aliphatic carbocycles. The molecular formula is C7H11N3OS. The molecule has 0 unspecified atom stereocenters. The topological polar surface area (TPSA) is 68.0 Å². The van der Waals surface area contributed by atoms with E-state index >= 15 is 0 Å². The number of hydrogen-bond donors (Lipinski definition) is 2. The highest BCUT2D eigenvalue weighted by atomic mass is 32.1. The smallest absolute Gasteiger partial charge is 0.231 e. The zero-order valence-electron chi connectivity index (χ0n) is 6.83. The molecule has 1 amide bonds. The highest BCUT2D eigenvalue weighted by Gasteiger charge is 1.98. The molecule has 3 N–H and O–H groups in total. The van der Waals surface area contributed by atoms with Gasteiger partial charge in [0, 0.05) is 17.6 Å². The van der Waals surface area contributed by atoms with Crippen molar-refractivity contribution in [1.82, 2.24) is 10.3 Å². The first-order valence-electron chi connectivity index (χ1n) is 3.58.